The van der Waals surface area contributed by atoms with Crippen LogP contribution in [0.3, 0.4) is 0 Å². The highest BCUT2D eigenvalue weighted by Gasteiger charge is 2.03. The molecule has 0 amide bonds. The molecule has 0 radical (unpaired) electrons. The minimum absolute atomic E-state index is 1.10. The maximum Gasteiger partial charge on any atom is -0.0112 e. The Balaban J connectivity index is 1.78. The second kappa shape index (κ2) is 7.08. The summed E-state index contributed by atoms with van der Waals surface area (Å²) in [6.45, 7) is 0. The van der Waals surface area contributed by atoms with Crippen molar-refractivity contribution in [3.05, 3.63) is 77.9 Å². The lowest BCUT2D eigenvalue weighted by atomic mass is 9.96. The zero-order valence-corrected chi connectivity index (χ0v) is 12.5. The smallest absolute Gasteiger partial charge is 0.0112 e. The van der Waals surface area contributed by atoms with Crippen molar-refractivity contribution in [2.24, 2.45) is 0 Å². The van der Waals surface area contributed by atoms with E-state index in [1.54, 1.807) is 5.57 Å². The lowest BCUT2D eigenvalue weighted by Gasteiger charge is -2.10. The van der Waals surface area contributed by atoms with Gasteiger partial charge in [0.1, 0.15) is 0 Å². The largest absolute Gasteiger partial charge is 0.0850 e. The molecule has 0 fully saturated rings. The molecule has 1 aliphatic carbocycles. The topological polar surface area (TPSA) is 0 Å². The molecule has 2 aromatic rings. The molecule has 0 aliphatic heterocycles. The van der Waals surface area contributed by atoms with E-state index in [0.717, 1.165) is 6.42 Å². The first kappa shape index (κ1) is 13.9. The third kappa shape index (κ3) is 3.72. The van der Waals surface area contributed by atoms with Crippen LogP contribution in [-0.2, 0) is 0 Å². The van der Waals surface area contributed by atoms with Crippen LogP contribution in [0.25, 0.3) is 17.2 Å². The van der Waals surface area contributed by atoms with Crippen molar-refractivity contribution in [1.29, 1.82) is 0 Å². The van der Waals surface area contributed by atoms with Gasteiger partial charge in [0.05, 0.1) is 0 Å². The number of rotatable bonds is 4. The van der Waals surface area contributed by atoms with E-state index in [4.69, 9.17) is 0 Å². The first-order valence-electron chi connectivity index (χ1n) is 7.92. The summed E-state index contributed by atoms with van der Waals surface area (Å²) in [7, 11) is 0. The Morgan fingerprint density at radius 1 is 0.857 bits per heavy atom. The summed E-state index contributed by atoms with van der Waals surface area (Å²) in [5.74, 6) is 0. The van der Waals surface area contributed by atoms with E-state index < -0.39 is 0 Å². The molecule has 0 aromatic heterocycles. The number of benzene rings is 2. The van der Waals surface area contributed by atoms with Crippen molar-refractivity contribution in [1.82, 2.24) is 0 Å². The predicted octanol–water partition coefficient (Wildman–Crippen LogP) is 6.26. The van der Waals surface area contributed by atoms with E-state index in [1.807, 2.05) is 0 Å². The Hall–Kier alpha value is -2.08. The summed E-state index contributed by atoms with van der Waals surface area (Å²) in [5, 5.41) is 0. The average molecular weight is 274 g/mol. The second-order valence-electron chi connectivity index (χ2n) is 5.67. The van der Waals surface area contributed by atoms with Gasteiger partial charge in [-0.2, -0.15) is 0 Å². The Bertz CT molecular complexity index is 632. The lowest BCUT2D eigenvalue weighted by molar-refractivity contribution is 0.691. The summed E-state index contributed by atoms with van der Waals surface area (Å²) >= 11 is 0. The van der Waals surface area contributed by atoms with Crippen LogP contribution in [0.4, 0.5) is 0 Å². The maximum absolute atomic E-state index is 2.43. The molecule has 0 saturated carbocycles. The Labute approximate surface area is 127 Å². The second-order valence-corrected chi connectivity index (χ2v) is 5.67. The highest BCUT2D eigenvalue weighted by molar-refractivity contribution is 5.75. The summed E-state index contributed by atoms with van der Waals surface area (Å²) in [6, 6.07) is 19.3. The van der Waals surface area contributed by atoms with Gasteiger partial charge in [0.2, 0.25) is 0 Å². The summed E-state index contributed by atoms with van der Waals surface area (Å²) < 4.78 is 0. The third-order valence-corrected chi connectivity index (χ3v) is 4.11. The average Bonchev–Trinajstić information content (AvgIpc) is 2.57. The van der Waals surface area contributed by atoms with Gasteiger partial charge in [-0.05, 0) is 48.8 Å². The number of allylic oxidation sites excluding steroid dienone is 3. The molecular formula is C21H22. The number of hydrogen-bond acceptors (Lipinski definition) is 0. The van der Waals surface area contributed by atoms with Gasteiger partial charge in [-0.25, -0.2) is 0 Å². The highest BCUT2D eigenvalue weighted by atomic mass is 14.1. The molecule has 0 unspecified atom stereocenters. The van der Waals surface area contributed by atoms with Crippen molar-refractivity contribution < 1.29 is 0 Å². The fourth-order valence-electron chi connectivity index (χ4n) is 2.95. The van der Waals surface area contributed by atoms with Crippen LogP contribution in [-0.4, -0.2) is 0 Å². The molecule has 0 nitrogen and oxygen atoms in total. The van der Waals surface area contributed by atoms with Gasteiger partial charge in [-0.1, -0.05) is 78.4 Å². The minimum atomic E-state index is 1.10. The van der Waals surface area contributed by atoms with Gasteiger partial charge in [0, 0.05) is 0 Å². The van der Waals surface area contributed by atoms with Gasteiger partial charge in [0.15, 0.2) is 0 Å². The third-order valence-electron chi connectivity index (χ3n) is 4.11. The fraction of sp³-hybridized carbons (Fsp3) is 0.238. The molecule has 3 rings (SSSR count). The molecule has 0 heterocycles. The Kier molecular flexibility index (Phi) is 4.68. The highest BCUT2D eigenvalue weighted by Crippen LogP contribution is 2.25. The molecule has 0 atom stereocenters. The van der Waals surface area contributed by atoms with Gasteiger partial charge in [-0.3, -0.25) is 0 Å². The van der Waals surface area contributed by atoms with E-state index >= 15 is 0 Å². The van der Waals surface area contributed by atoms with E-state index in [2.05, 4.69) is 72.8 Å². The van der Waals surface area contributed by atoms with Crippen molar-refractivity contribution in [2.75, 3.05) is 0 Å². The molecule has 0 spiro atoms. The van der Waals surface area contributed by atoms with E-state index in [-0.39, 0.29) is 0 Å². The van der Waals surface area contributed by atoms with Crippen LogP contribution in [0.15, 0.2) is 72.3 Å². The first-order chi connectivity index (χ1) is 10.4. The minimum Gasteiger partial charge on any atom is -0.0850 e. The van der Waals surface area contributed by atoms with Crippen molar-refractivity contribution in [3.8, 4) is 11.1 Å². The zero-order valence-electron chi connectivity index (χ0n) is 12.5. The summed E-state index contributed by atoms with van der Waals surface area (Å²) in [4.78, 5) is 0. The molecule has 1 aliphatic rings. The molecular weight excluding hydrogens is 252 g/mol. The fourth-order valence-corrected chi connectivity index (χ4v) is 2.95. The molecule has 2 aromatic carbocycles. The maximum atomic E-state index is 2.43. The van der Waals surface area contributed by atoms with Gasteiger partial charge >= 0.3 is 0 Å². The molecule has 0 heteroatoms. The predicted molar refractivity (Wildman–Crippen MR) is 92.1 cm³/mol. The van der Waals surface area contributed by atoms with Crippen molar-refractivity contribution in [3.63, 3.8) is 0 Å². The van der Waals surface area contributed by atoms with Crippen LogP contribution in [0.5, 0.6) is 0 Å². The first-order valence-corrected chi connectivity index (χ1v) is 7.92. The van der Waals surface area contributed by atoms with E-state index in [0.29, 0.717) is 0 Å². The normalized spacial score (nSPS) is 15.1. The van der Waals surface area contributed by atoms with Gasteiger partial charge in [-0.15, -0.1) is 0 Å². The Morgan fingerprint density at radius 2 is 1.67 bits per heavy atom. The van der Waals surface area contributed by atoms with Crippen LogP contribution in [0, 0.1) is 0 Å². The quantitative estimate of drug-likeness (QED) is 0.577. The van der Waals surface area contributed by atoms with E-state index in [9.17, 15) is 0 Å². The molecule has 0 N–H and O–H groups in total. The van der Waals surface area contributed by atoms with Crippen molar-refractivity contribution in [2.45, 2.75) is 32.1 Å². The molecule has 21 heavy (non-hydrogen) atoms. The van der Waals surface area contributed by atoms with Crippen LogP contribution in [0.2, 0.25) is 0 Å². The number of hydrogen-bond donors (Lipinski definition) is 0. The zero-order chi connectivity index (χ0) is 14.3. The van der Waals surface area contributed by atoms with Gasteiger partial charge < -0.3 is 0 Å². The van der Waals surface area contributed by atoms with Crippen LogP contribution in [0.1, 0.15) is 37.7 Å². The monoisotopic (exact) mass is 274 g/mol. The SMILES string of the molecule is C1=C(C/C=C\c2ccccc2-c2ccccc2)CCCC1. The van der Waals surface area contributed by atoms with E-state index in [1.165, 1.54) is 42.4 Å². The van der Waals surface area contributed by atoms with Crippen LogP contribution >= 0.6 is 0 Å². The summed E-state index contributed by atoms with van der Waals surface area (Å²) in [6.07, 6.45) is 13.4. The van der Waals surface area contributed by atoms with Crippen molar-refractivity contribution >= 4 is 6.08 Å². The lowest BCUT2D eigenvalue weighted by Crippen LogP contribution is -1.90. The van der Waals surface area contributed by atoms with Gasteiger partial charge in [0.25, 0.3) is 0 Å². The summed E-state index contributed by atoms with van der Waals surface area (Å²) in [5.41, 5.74) is 5.51. The molecule has 0 saturated heterocycles. The van der Waals surface area contributed by atoms with Crippen LogP contribution < -0.4 is 0 Å². The molecule has 0 bridgehead atoms. The standard InChI is InChI=1S/C21H22/c1-3-10-18(11-4-1)12-9-16-20-15-7-8-17-21(20)19-13-5-2-6-14-19/h2,5-10,13-17H,1,3-4,11-12H2/b16-9-. The molecule has 106 valence electrons. The Morgan fingerprint density at radius 3 is 2.48 bits per heavy atom.